The minimum atomic E-state index is 0.190. The maximum Gasteiger partial charge on any atom is 0.122 e. The van der Waals surface area contributed by atoms with Gasteiger partial charge in [-0.3, -0.25) is 0 Å². The van der Waals surface area contributed by atoms with Crippen LogP contribution in [-0.2, 0) is 0 Å². The van der Waals surface area contributed by atoms with E-state index in [2.05, 4.69) is 43.1 Å². The summed E-state index contributed by atoms with van der Waals surface area (Å²) in [5, 5.41) is 13.7. The molecule has 2 rings (SSSR count). The van der Waals surface area contributed by atoms with Crippen molar-refractivity contribution in [3.63, 3.8) is 0 Å². The predicted octanol–water partition coefficient (Wildman–Crippen LogP) is 3.83. The molecule has 0 amide bonds. The number of phenolic OH excluding ortho intramolecular Hbond substituents is 1. The van der Waals surface area contributed by atoms with Crippen LogP contribution in [0.15, 0.2) is 18.2 Å². The van der Waals surface area contributed by atoms with Crippen LogP contribution in [0.2, 0.25) is 0 Å². The third-order valence-electron chi connectivity index (χ3n) is 4.43. The molecule has 0 radical (unpaired) electrons. The van der Waals surface area contributed by atoms with Gasteiger partial charge in [-0.15, -0.1) is 0 Å². The number of nitrogens with zero attached hydrogens (tertiary/aromatic N) is 1. The average Bonchev–Trinajstić information content (AvgIpc) is 2.94. The van der Waals surface area contributed by atoms with E-state index in [1.165, 1.54) is 25.7 Å². The first-order valence-electron chi connectivity index (χ1n) is 8.00. The number of anilines is 1. The summed E-state index contributed by atoms with van der Waals surface area (Å²) in [5.74, 6) is 0.410. The first-order chi connectivity index (χ1) is 9.67. The van der Waals surface area contributed by atoms with Crippen molar-refractivity contribution < 1.29 is 5.11 Å². The van der Waals surface area contributed by atoms with Gasteiger partial charge in [0.25, 0.3) is 0 Å². The molecule has 1 aliphatic rings. The van der Waals surface area contributed by atoms with E-state index >= 15 is 0 Å². The summed E-state index contributed by atoms with van der Waals surface area (Å²) >= 11 is 0. The molecule has 1 saturated carbocycles. The molecule has 0 heterocycles. The third kappa shape index (κ3) is 3.26. The van der Waals surface area contributed by atoms with Crippen LogP contribution in [-0.4, -0.2) is 24.2 Å². The fraction of sp³-hybridized carbons (Fsp3) is 0.647. The van der Waals surface area contributed by atoms with Crippen LogP contribution in [0.3, 0.4) is 0 Å². The van der Waals surface area contributed by atoms with E-state index in [0.717, 1.165) is 24.3 Å². The molecular formula is C17H28N2O. The Kier molecular flexibility index (Phi) is 5.30. The van der Waals surface area contributed by atoms with Gasteiger partial charge >= 0.3 is 0 Å². The van der Waals surface area contributed by atoms with Crippen molar-refractivity contribution in [3.05, 3.63) is 23.8 Å². The lowest BCUT2D eigenvalue weighted by atomic mass is 10.1. The zero-order valence-electron chi connectivity index (χ0n) is 13.0. The molecule has 2 N–H and O–H groups in total. The molecule has 0 aromatic heterocycles. The van der Waals surface area contributed by atoms with Gasteiger partial charge in [-0.2, -0.15) is 0 Å². The summed E-state index contributed by atoms with van der Waals surface area (Å²) < 4.78 is 0. The Balaban J connectivity index is 2.18. The quantitative estimate of drug-likeness (QED) is 0.829. The summed E-state index contributed by atoms with van der Waals surface area (Å²) in [7, 11) is 0. The van der Waals surface area contributed by atoms with E-state index < -0.39 is 0 Å². The SMILES string of the molecule is CCNC(C)c1ccc(N(CC)C2CCCC2)cc1O. The van der Waals surface area contributed by atoms with Crippen LogP contribution in [0.4, 0.5) is 5.69 Å². The van der Waals surface area contributed by atoms with Crippen molar-refractivity contribution >= 4 is 5.69 Å². The second-order valence-corrected chi connectivity index (χ2v) is 5.75. The van der Waals surface area contributed by atoms with Crippen molar-refractivity contribution in [2.75, 3.05) is 18.0 Å². The van der Waals surface area contributed by atoms with Gasteiger partial charge in [0.15, 0.2) is 0 Å². The monoisotopic (exact) mass is 276 g/mol. The lowest BCUT2D eigenvalue weighted by Gasteiger charge is -2.30. The Labute approximate surface area is 123 Å². The van der Waals surface area contributed by atoms with Gasteiger partial charge in [0, 0.05) is 35.9 Å². The number of rotatable bonds is 6. The van der Waals surface area contributed by atoms with Crippen molar-refractivity contribution in [2.24, 2.45) is 0 Å². The molecular weight excluding hydrogens is 248 g/mol. The molecule has 1 unspecified atom stereocenters. The molecule has 3 nitrogen and oxygen atoms in total. The highest BCUT2D eigenvalue weighted by molar-refractivity contribution is 5.54. The van der Waals surface area contributed by atoms with Crippen LogP contribution in [0, 0.1) is 0 Å². The topological polar surface area (TPSA) is 35.5 Å². The fourth-order valence-electron chi connectivity index (χ4n) is 3.36. The summed E-state index contributed by atoms with van der Waals surface area (Å²) in [6.45, 7) is 8.29. The lowest BCUT2D eigenvalue weighted by molar-refractivity contribution is 0.454. The lowest BCUT2D eigenvalue weighted by Crippen LogP contribution is -2.32. The van der Waals surface area contributed by atoms with E-state index in [0.29, 0.717) is 11.8 Å². The van der Waals surface area contributed by atoms with Gasteiger partial charge in [-0.1, -0.05) is 25.8 Å². The van der Waals surface area contributed by atoms with Gasteiger partial charge in [0.05, 0.1) is 0 Å². The van der Waals surface area contributed by atoms with Crippen molar-refractivity contribution in [2.45, 2.75) is 58.5 Å². The van der Waals surface area contributed by atoms with E-state index in [-0.39, 0.29) is 6.04 Å². The van der Waals surface area contributed by atoms with Crippen LogP contribution in [0.1, 0.15) is 58.1 Å². The van der Waals surface area contributed by atoms with E-state index in [1.807, 2.05) is 6.07 Å². The largest absolute Gasteiger partial charge is 0.508 e. The van der Waals surface area contributed by atoms with Crippen LogP contribution in [0.25, 0.3) is 0 Å². The second-order valence-electron chi connectivity index (χ2n) is 5.75. The molecule has 0 aliphatic heterocycles. The van der Waals surface area contributed by atoms with Gasteiger partial charge < -0.3 is 15.3 Å². The van der Waals surface area contributed by atoms with Gasteiger partial charge in [-0.05, 0) is 39.3 Å². The molecule has 1 aromatic rings. The predicted molar refractivity (Wildman–Crippen MR) is 85.5 cm³/mol. The Morgan fingerprint density at radius 2 is 2.00 bits per heavy atom. The van der Waals surface area contributed by atoms with E-state index in [9.17, 15) is 5.11 Å². The Morgan fingerprint density at radius 1 is 1.30 bits per heavy atom. The molecule has 1 aliphatic carbocycles. The number of aromatic hydroxyl groups is 1. The number of hydrogen-bond acceptors (Lipinski definition) is 3. The average molecular weight is 276 g/mol. The molecule has 1 atom stereocenters. The van der Waals surface area contributed by atoms with Crippen LogP contribution in [0.5, 0.6) is 5.75 Å². The molecule has 20 heavy (non-hydrogen) atoms. The number of phenols is 1. The van der Waals surface area contributed by atoms with Gasteiger partial charge in [-0.25, -0.2) is 0 Å². The van der Waals surface area contributed by atoms with Gasteiger partial charge in [0.2, 0.25) is 0 Å². The van der Waals surface area contributed by atoms with Crippen molar-refractivity contribution in [1.82, 2.24) is 5.32 Å². The van der Waals surface area contributed by atoms with Crippen molar-refractivity contribution in [1.29, 1.82) is 0 Å². The number of benzene rings is 1. The molecule has 1 fully saturated rings. The smallest absolute Gasteiger partial charge is 0.122 e. The molecule has 0 bridgehead atoms. The second kappa shape index (κ2) is 6.98. The molecule has 112 valence electrons. The van der Waals surface area contributed by atoms with Crippen LogP contribution < -0.4 is 10.2 Å². The molecule has 0 saturated heterocycles. The number of nitrogens with one attached hydrogen (secondary N) is 1. The highest BCUT2D eigenvalue weighted by atomic mass is 16.3. The van der Waals surface area contributed by atoms with Crippen LogP contribution >= 0.6 is 0 Å². The van der Waals surface area contributed by atoms with Crippen molar-refractivity contribution in [3.8, 4) is 5.75 Å². The first kappa shape index (κ1) is 15.2. The molecule has 3 heteroatoms. The summed E-state index contributed by atoms with van der Waals surface area (Å²) in [5.41, 5.74) is 2.14. The maximum atomic E-state index is 10.3. The summed E-state index contributed by atoms with van der Waals surface area (Å²) in [6.07, 6.45) is 5.24. The Bertz CT molecular complexity index is 427. The summed E-state index contributed by atoms with van der Waals surface area (Å²) in [4.78, 5) is 2.44. The minimum Gasteiger partial charge on any atom is -0.508 e. The van der Waals surface area contributed by atoms with Gasteiger partial charge in [0.1, 0.15) is 5.75 Å². The third-order valence-corrected chi connectivity index (χ3v) is 4.43. The minimum absolute atomic E-state index is 0.190. The Morgan fingerprint density at radius 3 is 2.55 bits per heavy atom. The maximum absolute atomic E-state index is 10.3. The highest BCUT2D eigenvalue weighted by Crippen LogP contribution is 2.33. The van der Waals surface area contributed by atoms with E-state index in [4.69, 9.17) is 0 Å². The number of hydrogen-bond donors (Lipinski definition) is 2. The highest BCUT2D eigenvalue weighted by Gasteiger charge is 2.22. The zero-order chi connectivity index (χ0) is 14.5. The summed E-state index contributed by atoms with van der Waals surface area (Å²) in [6, 6.07) is 7.00. The molecule has 1 aromatic carbocycles. The molecule has 0 spiro atoms. The van der Waals surface area contributed by atoms with E-state index in [1.54, 1.807) is 0 Å². The first-order valence-corrected chi connectivity index (χ1v) is 8.00. The zero-order valence-corrected chi connectivity index (χ0v) is 13.0. The Hall–Kier alpha value is -1.22. The normalized spacial score (nSPS) is 17.4. The fourth-order valence-corrected chi connectivity index (χ4v) is 3.36. The standard InChI is InChI=1S/C17H28N2O/c1-4-18-13(3)16-11-10-15(12-17(16)20)19(5-2)14-8-6-7-9-14/h10-14,18,20H,4-9H2,1-3H3.